The van der Waals surface area contributed by atoms with Crippen molar-refractivity contribution in [2.75, 3.05) is 26.4 Å². The van der Waals surface area contributed by atoms with Crippen LogP contribution in [0.1, 0.15) is 50.3 Å². The molecular weight excluding hydrogens is 422 g/mol. The topological polar surface area (TPSA) is 85.3 Å². The van der Waals surface area contributed by atoms with Gasteiger partial charge in [-0.3, -0.25) is 9.59 Å². The molecule has 0 saturated carbocycles. The number of fused-ring (bicyclic) bond motifs is 1. The average molecular weight is 452 g/mol. The zero-order valence-corrected chi connectivity index (χ0v) is 19.0. The number of benzene rings is 2. The van der Waals surface area contributed by atoms with E-state index in [9.17, 15) is 14.7 Å². The van der Waals surface area contributed by atoms with Crippen LogP contribution in [0.4, 0.5) is 0 Å². The van der Waals surface area contributed by atoms with Gasteiger partial charge in [0.15, 0.2) is 11.5 Å². The largest absolute Gasteiger partial charge is 0.507 e. The van der Waals surface area contributed by atoms with Gasteiger partial charge in [0.1, 0.15) is 24.7 Å². The monoisotopic (exact) mass is 451 g/mol. The van der Waals surface area contributed by atoms with Crippen molar-refractivity contribution in [3.8, 4) is 17.2 Å². The van der Waals surface area contributed by atoms with Gasteiger partial charge in [-0.25, -0.2) is 0 Å². The highest BCUT2D eigenvalue weighted by Crippen LogP contribution is 2.41. The Morgan fingerprint density at radius 1 is 1.06 bits per heavy atom. The maximum absolute atomic E-state index is 13.2. The van der Waals surface area contributed by atoms with E-state index in [-0.39, 0.29) is 11.3 Å². The number of unbranched alkanes of at least 4 members (excludes halogenated alkanes) is 2. The van der Waals surface area contributed by atoms with E-state index >= 15 is 0 Å². The van der Waals surface area contributed by atoms with Crippen molar-refractivity contribution >= 4 is 17.4 Å². The molecule has 174 valence electrons. The van der Waals surface area contributed by atoms with Crippen molar-refractivity contribution in [3.05, 3.63) is 59.2 Å². The highest BCUT2D eigenvalue weighted by molar-refractivity contribution is 6.46. The first kappa shape index (κ1) is 22.7. The Balaban J connectivity index is 1.80. The van der Waals surface area contributed by atoms with E-state index in [1.807, 2.05) is 31.2 Å². The van der Waals surface area contributed by atoms with Crippen LogP contribution in [0.25, 0.3) is 5.76 Å². The van der Waals surface area contributed by atoms with Crippen LogP contribution in [0.15, 0.2) is 48.0 Å². The SMILES string of the molecule is CCCCCN1C(=O)C(=O)/C(=C(\O)c2ccc3c(c2)OCCO3)C1c1cccc(OCC)c1. The van der Waals surface area contributed by atoms with Crippen LogP contribution in [0.3, 0.4) is 0 Å². The maximum Gasteiger partial charge on any atom is 0.295 e. The molecule has 0 aromatic heterocycles. The molecule has 1 atom stereocenters. The Kier molecular flexibility index (Phi) is 6.87. The van der Waals surface area contributed by atoms with Crippen LogP contribution in [-0.4, -0.2) is 48.1 Å². The first-order chi connectivity index (χ1) is 16.0. The zero-order valence-electron chi connectivity index (χ0n) is 19.0. The highest BCUT2D eigenvalue weighted by atomic mass is 16.6. The van der Waals surface area contributed by atoms with Crippen LogP contribution in [0.2, 0.25) is 0 Å². The number of hydrogen-bond acceptors (Lipinski definition) is 6. The fraction of sp³-hybridized carbons (Fsp3) is 0.385. The molecule has 0 aliphatic carbocycles. The molecular formula is C26H29NO6. The lowest BCUT2D eigenvalue weighted by Crippen LogP contribution is -2.30. The van der Waals surface area contributed by atoms with Crippen molar-refractivity contribution in [2.24, 2.45) is 0 Å². The van der Waals surface area contributed by atoms with E-state index in [0.717, 1.165) is 24.8 Å². The number of aliphatic hydroxyl groups is 1. The van der Waals surface area contributed by atoms with Crippen molar-refractivity contribution in [2.45, 2.75) is 39.2 Å². The Morgan fingerprint density at radius 2 is 1.85 bits per heavy atom. The number of rotatable bonds is 8. The first-order valence-corrected chi connectivity index (χ1v) is 11.5. The number of hydrogen-bond donors (Lipinski definition) is 1. The van der Waals surface area contributed by atoms with Crippen molar-refractivity contribution in [1.29, 1.82) is 0 Å². The van der Waals surface area contributed by atoms with Crippen molar-refractivity contribution < 1.29 is 28.9 Å². The van der Waals surface area contributed by atoms with Gasteiger partial charge in [-0.05, 0) is 49.2 Å². The second-order valence-electron chi connectivity index (χ2n) is 8.06. The lowest BCUT2D eigenvalue weighted by Gasteiger charge is -2.26. The number of likely N-dealkylation sites (tertiary alicyclic amines) is 1. The average Bonchev–Trinajstić information content (AvgIpc) is 3.09. The van der Waals surface area contributed by atoms with E-state index < -0.39 is 17.7 Å². The second kappa shape index (κ2) is 9.98. The van der Waals surface area contributed by atoms with Gasteiger partial charge in [0.2, 0.25) is 0 Å². The van der Waals surface area contributed by atoms with E-state index in [2.05, 4.69) is 6.92 Å². The molecule has 0 bridgehead atoms. The summed E-state index contributed by atoms with van der Waals surface area (Å²) in [5.41, 5.74) is 1.19. The Labute approximate surface area is 193 Å². The minimum absolute atomic E-state index is 0.0711. The first-order valence-electron chi connectivity index (χ1n) is 11.5. The van der Waals surface area contributed by atoms with Gasteiger partial charge >= 0.3 is 0 Å². The van der Waals surface area contributed by atoms with Gasteiger partial charge in [-0.2, -0.15) is 0 Å². The van der Waals surface area contributed by atoms with E-state index in [1.54, 1.807) is 23.1 Å². The molecule has 0 radical (unpaired) electrons. The number of ether oxygens (including phenoxy) is 3. The predicted octanol–water partition coefficient (Wildman–Crippen LogP) is 4.47. The van der Waals surface area contributed by atoms with Crippen LogP contribution in [0.5, 0.6) is 17.2 Å². The Bertz CT molecular complexity index is 1080. The zero-order chi connectivity index (χ0) is 23.4. The molecule has 1 amide bonds. The smallest absolute Gasteiger partial charge is 0.295 e. The summed E-state index contributed by atoms with van der Waals surface area (Å²) < 4.78 is 16.8. The Morgan fingerprint density at radius 3 is 2.61 bits per heavy atom. The van der Waals surface area contributed by atoms with Crippen LogP contribution >= 0.6 is 0 Å². The summed E-state index contributed by atoms with van der Waals surface area (Å²) in [5, 5.41) is 11.3. The second-order valence-corrected chi connectivity index (χ2v) is 8.06. The van der Waals surface area contributed by atoms with Gasteiger partial charge in [-0.1, -0.05) is 31.9 Å². The van der Waals surface area contributed by atoms with E-state index in [4.69, 9.17) is 14.2 Å². The van der Waals surface area contributed by atoms with Crippen LogP contribution in [-0.2, 0) is 9.59 Å². The van der Waals surface area contributed by atoms with Gasteiger partial charge in [0.25, 0.3) is 11.7 Å². The van der Waals surface area contributed by atoms with Crippen molar-refractivity contribution in [1.82, 2.24) is 4.90 Å². The summed E-state index contributed by atoms with van der Waals surface area (Å²) in [7, 11) is 0. The quantitative estimate of drug-likeness (QED) is 0.276. The van der Waals surface area contributed by atoms with Gasteiger partial charge in [0, 0.05) is 12.1 Å². The molecule has 1 N–H and O–H groups in total. The fourth-order valence-corrected chi connectivity index (χ4v) is 4.28. The third-order valence-corrected chi connectivity index (χ3v) is 5.84. The lowest BCUT2D eigenvalue weighted by atomic mass is 9.95. The molecule has 4 rings (SSSR count). The number of ketones is 1. The normalized spacial score (nSPS) is 19.1. The molecule has 2 aromatic rings. The molecule has 2 aromatic carbocycles. The molecule has 1 fully saturated rings. The molecule has 1 unspecified atom stereocenters. The molecule has 2 aliphatic rings. The van der Waals surface area contributed by atoms with Gasteiger partial charge in [0.05, 0.1) is 18.2 Å². The molecule has 7 heteroatoms. The predicted molar refractivity (Wildman–Crippen MR) is 124 cm³/mol. The number of nitrogens with zero attached hydrogens (tertiary/aromatic N) is 1. The van der Waals surface area contributed by atoms with E-state index in [1.165, 1.54) is 0 Å². The summed E-state index contributed by atoms with van der Waals surface area (Å²) in [6.45, 7) is 5.77. The summed E-state index contributed by atoms with van der Waals surface area (Å²) in [4.78, 5) is 27.7. The summed E-state index contributed by atoms with van der Waals surface area (Å²) in [6.07, 6.45) is 2.71. The molecule has 7 nitrogen and oxygen atoms in total. The van der Waals surface area contributed by atoms with Crippen molar-refractivity contribution in [3.63, 3.8) is 0 Å². The third kappa shape index (κ3) is 4.53. The molecule has 2 heterocycles. The number of aliphatic hydroxyl groups excluding tert-OH is 1. The number of carbonyl (C=O) groups excluding carboxylic acids is 2. The minimum Gasteiger partial charge on any atom is -0.507 e. The maximum atomic E-state index is 13.2. The summed E-state index contributed by atoms with van der Waals surface area (Å²) in [5.74, 6) is 0.211. The van der Waals surface area contributed by atoms with Gasteiger partial charge in [-0.15, -0.1) is 0 Å². The molecule has 1 saturated heterocycles. The van der Waals surface area contributed by atoms with Crippen LogP contribution < -0.4 is 14.2 Å². The van der Waals surface area contributed by atoms with Crippen LogP contribution in [0, 0.1) is 0 Å². The standard InChI is InChI=1S/C26H29NO6/c1-3-5-6-12-27-23(17-8-7-9-19(15-17)31-4-2)22(25(29)26(27)30)24(28)18-10-11-20-21(16-18)33-14-13-32-20/h7-11,15-16,23,28H,3-6,12-14H2,1-2H3/b24-22-. The van der Waals surface area contributed by atoms with Gasteiger partial charge < -0.3 is 24.2 Å². The number of Topliss-reactive ketones (excluding diaryl/α,β-unsaturated/α-hetero) is 1. The summed E-state index contributed by atoms with van der Waals surface area (Å²) in [6, 6.07) is 11.6. The van der Waals surface area contributed by atoms with E-state index in [0.29, 0.717) is 49.2 Å². The molecule has 33 heavy (non-hydrogen) atoms. The number of carbonyl (C=O) groups is 2. The lowest BCUT2D eigenvalue weighted by molar-refractivity contribution is -0.139. The number of amides is 1. The minimum atomic E-state index is -0.699. The molecule has 0 spiro atoms. The molecule has 2 aliphatic heterocycles. The highest BCUT2D eigenvalue weighted by Gasteiger charge is 2.46. The Hall–Kier alpha value is -3.48. The fourth-order valence-electron chi connectivity index (χ4n) is 4.28. The summed E-state index contributed by atoms with van der Waals surface area (Å²) >= 11 is 0. The third-order valence-electron chi connectivity index (χ3n) is 5.84.